The molecule has 0 saturated carbocycles. The summed E-state index contributed by atoms with van der Waals surface area (Å²) in [5, 5.41) is 0. The Hall–Kier alpha value is -0.220. The van der Waals surface area contributed by atoms with Crippen LogP contribution in [0.4, 0.5) is 0 Å². The van der Waals surface area contributed by atoms with Crippen molar-refractivity contribution in [2.24, 2.45) is 0 Å². The van der Waals surface area contributed by atoms with Gasteiger partial charge in [0.2, 0.25) is 0 Å². The molecule has 0 unspecified atom stereocenters. The second kappa shape index (κ2) is 2.94. The Labute approximate surface area is 52.5 Å². The van der Waals surface area contributed by atoms with Gasteiger partial charge in [0, 0.05) is 0 Å². The maximum atomic E-state index is 9.88. The molecular formula is C3H5ClO3S. The highest BCUT2D eigenvalue weighted by atomic mass is 35.7. The fourth-order valence-corrected chi connectivity index (χ4v) is 0.492. The van der Waals surface area contributed by atoms with Crippen molar-refractivity contribution in [1.82, 2.24) is 0 Å². The summed E-state index contributed by atoms with van der Waals surface area (Å²) in [6.07, 6.45) is 2.41. The van der Waals surface area contributed by atoms with Gasteiger partial charge in [-0.25, -0.2) is 0 Å². The third-order valence-corrected chi connectivity index (χ3v) is 0.866. The van der Waals surface area contributed by atoms with Gasteiger partial charge in [0.15, 0.2) is 0 Å². The van der Waals surface area contributed by atoms with Crippen molar-refractivity contribution in [3.8, 4) is 0 Å². The van der Waals surface area contributed by atoms with Gasteiger partial charge in [-0.05, 0) is 6.92 Å². The van der Waals surface area contributed by atoms with E-state index >= 15 is 0 Å². The van der Waals surface area contributed by atoms with E-state index in [1.807, 2.05) is 0 Å². The van der Waals surface area contributed by atoms with Gasteiger partial charge in [-0.3, -0.25) is 0 Å². The smallest absolute Gasteiger partial charge is 0.379 e. The van der Waals surface area contributed by atoms with E-state index in [-0.39, 0.29) is 0 Å². The molecule has 5 heteroatoms. The minimum atomic E-state index is -3.80. The summed E-state index contributed by atoms with van der Waals surface area (Å²) in [7, 11) is 0.810. The molecule has 0 bridgehead atoms. The lowest BCUT2D eigenvalue weighted by Gasteiger charge is -1.87. The SMILES string of the molecule is CC=COS(=O)(=O)Cl. The van der Waals surface area contributed by atoms with E-state index in [4.69, 9.17) is 0 Å². The molecule has 0 aliphatic rings. The van der Waals surface area contributed by atoms with Crippen LogP contribution in [0.3, 0.4) is 0 Å². The first-order chi connectivity index (χ1) is 3.56. The molecule has 0 aromatic heterocycles. The highest BCUT2D eigenvalue weighted by Crippen LogP contribution is 1.97. The first-order valence-electron chi connectivity index (χ1n) is 1.80. The quantitative estimate of drug-likeness (QED) is 0.443. The van der Waals surface area contributed by atoms with Gasteiger partial charge in [0.1, 0.15) is 6.26 Å². The largest absolute Gasteiger partial charge is 0.400 e. The number of halogens is 1. The standard InChI is InChI=1S/C3H5ClO3S/c1-2-3-7-8(4,5)6/h2-3H,1H3. The third kappa shape index (κ3) is 5.78. The normalized spacial score (nSPS) is 12.2. The van der Waals surface area contributed by atoms with Crippen LogP contribution in [0.5, 0.6) is 0 Å². The monoisotopic (exact) mass is 156 g/mol. The molecule has 0 aliphatic carbocycles. The van der Waals surface area contributed by atoms with Gasteiger partial charge < -0.3 is 4.18 Å². The molecule has 0 spiro atoms. The van der Waals surface area contributed by atoms with E-state index in [1.54, 1.807) is 6.92 Å². The van der Waals surface area contributed by atoms with Crippen molar-refractivity contribution in [3.05, 3.63) is 12.3 Å². The van der Waals surface area contributed by atoms with Gasteiger partial charge in [0.05, 0.1) is 10.7 Å². The average molecular weight is 157 g/mol. The Kier molecular flexibility index (Phi) is 2.86. The summed E-state index contributed by atoms with van der Waals surface area (Å²) in [4.78, 5) is 0. The van der Waals surface area contributed by atoms with Crippen molar-refractivity contribution in [1.29, 1.82) is 0 Å². The molecule has 0 aliphatic heterocycles. The summed E-state index contributed by atoms with van der Waals surface area (Å²) >= 11 is 0. The third-order valence-electron chi connectivity index (χ3n) is 0.307. The lowest BCUT2D eigenvalue weighted by Crippen LogP contribution is -1.87. The van der Waals surface area contributed by atoms with Gasteiger partial charge >= 0.3 is 9.33 Å². The first kappa shape index (κ1) is 7.78. The van der Waals surface area contributed by atoms with Gasteiger partial charge in [0.25, 0.3) is 0 Å². The van der Waals surface area contributed by atoms with Crippen molar-refractivity contribution in [3.63, 3.8) is 0 Å². The predicted octanol–water partition coefficient (Wildman–Crippen LogP) is 1.02. The van der Waals surface area contributed by atoms with Crippen molar-refractivity contribution in [2.75, 3.05) is 0 Å². The number of hydrogen-bond acceptors (Lipinski definition) is 3. The molecule has 0 fully saturated rings. The second-order valence-corrected chi connectivity index (χ2v) is 3.07. The van der Waals surface area contributed by atoms with Gasteiger partial charge in [-0.2, -0.15) is 8.42 Å². The van der Waals surface area contributed by atoms with E-state index in [2.05, 4.69) is 14.9 Å². The second-order valence-electron chi connectivity index (χ2n) is 0.959. The van der Waals surface area contributed by atoms with Crippen LogP contribution >= 0.6 is 10.7 Å². The Morgan fingerprint density at radius 2 is 2.12 bits per heavy atom. The van der Waals surface area contributed by atoms with Crippen LogP contribution in [-0.2, 0) is 13.5 Å². The summed E-state index contributed by atoms with van der Waals surface area (Å²) in [6.45, 7) is 1.61. The van der Waals surface area contributed by atoms with Crippen LogP contribution in [0.1, 0.15) is 6.92 Å². The Morgan fingerprint density at radius 3 is 2.25 bits per heavy atom. The topological polar surface area (TPSA) is 43.4 Å². The van der Waals surface area contributed by atoms with Crippen LogP contribution in [0.25, 0.3) is 0 Å². The maximum absolute atomic E-state index is 9.88. The van der Waals surface area contributed by atoms with Crippen LogP contribution in [0, 0.1) is 0 Å². The molecule has 0 amide bonds. The number of allylic oxidation sites excluding steroid dienone is 1. The van der Waals surface area contributed by atoms with E-state index in [9.17, 15) is 8.42 Å². The van der Waals surface area contributed by atoms with Crippen LogP contribution in [0.15, 0.2) is 12.3 Å². The average Bonchev–Trinajstić information content (AvgIpc) is 1.59. The summed E-state index contributed by atoms with van der Waals surface area (Å²) < 4.78 is 23.7. The van der Waals surface area contributed by atoms with E-state index in [0.29, 0.717) is 0 Å². The molecule has 48 valence electrons. The predicted molar refractivity (Wildman–Crippen MR) is 30.7 cm³/mol. The maximum Gasteiger partial charge on any atom is 0.400 e. The fourth-order valence-electron chi connectivity index (χ4n) is 0.122. The Morgan fingerprint density at radius 1 is 1.62 bits per heavy atom. The molecule has 0 atom stereocenters. The Balaban J connectivity index is 3.76. The zero-order valence-corrected chi connectivity index (χ0v) is 5.74. The first-order valence-corrected chi connectivity index (χ1v) is 4.04. The fraction of sp³-hybridized carbons (Fsp3) is 0.333. The summed E-state index contributed by atoms with van der Waals surface area (Å²) in [5.74, 6) is 0. The molecule has 0 rings (SSSR count). The molecule has 0 radical (unpaired) electrons. The molecule has 0 N–H and O–H groups in total. The van der Waals surface area contributed by atoms with Crippen LogP contribution in [0.2, 0.25) is 0 Å². The highest BCUT2D eigenvalue weighted by Gasteiger charge is 1.98. The zero-order valence-electron chi connectivity index (χ0n) is 4.17. The van der Waals surface area contributed by atoms with Crippen molar-refractivity contribution >= 4 is 20.0 Å². The van der Waals surface area contributed by atoms with Crippen LogP contribution < -0.4 is 0 Å². The molecular weight excluding hydrogens is 152 g/mol. The lowest BCUT2D eigenvalue weighted by atomic mass is 10.8. The Bertz CT molecular complexity index is 169. The van der Waals surface area contributed by atoms with E-state index in [0.717, 1.165) is 6.26 Å². The minimum absolute atomic E-state index is 0.988. The molecule has 3 nitrogen and oxygen atoms in total. The minimum Gasteiger partial charge on any atom is -0.379 e. The van der Waals surface area contributed by atoms with Crippen molar-refractivity contribution in [2.45, 2.75) is 6.92 Å². The molecule has 8 heavy (non-hydrogen) atoms. The number of rotatable bonds is 2. The lowest BCUT2D eigenvalue weighted by molar-refractivity contribution is 0.459. The van der Waals surface area contributed by atoms with Gasteiger partial charge in [-0.1, -0.05) is 6.08 Å². The highest BCUT2D eigenvalue weighted by molar-refractivity contribution is 8.10. The van der Waals surface area contributed by atoms with E-state index < -0.39 is 9.33 Å². The van der Waals surface area contributed by atoms with Crippen molar-refractivity contribution < 1.29 is 12.6 Å². The molecule has 0 heterocycles. The molecule has 0 saturated heterocycles. The zero-order chi connectivity index (χ0) is 6.62. The van der Waals surface area contributed by atoms with E-state index in [1.165, 1.54) is 6.08 Å². The van der Waals surface area contributed by atoms with Crippen LogP contribution in [-0.4, -0.2) is 8.42 Å². The summed E-state index contributed by atoms with van der Waals surface area (Å²) in [5.41, 5.74) is 0. The number of hydrogen-bond donors (Lipinski definition) is 0. The van der Waals surface area contributed by atoms with Gasteiger partial charge in [-0.15, -0.1) is 0 Å². The molecule has 0 aromatic rings. The molecule has 0 aromatic carbocycles. The summed E-state index contributed by atoms with van der Waals surface area (Å²) in [6, 6.07) is 0.